The number of rotatable bonds is 4. The van der Waals surface area contributed by atoms with Crippen molar-refractivity contribution in [3.05, 3.63) is 24.0 Å². The van der Waals surface area contributed by atoms with Gasteiger partial charge in [-0.15, -0.1) is 0 Å². The quantitative estimate of drug-likeness (QED) is 0.848. The van der Waals surface area contributed by atoms with Gasteiger partial charge in [0.1, 0.15) is 11.7 Å². The molecule has 1 atom stereocenters. The Hall–Kier alpha value is -2.11. The lowest BCUT2D eigenvalue weighted by molar-refractivity contribution is -0.145. The molecule has 114 valence electrons. The molecule has 6 heteroatoms. The van der Waals surface area contributed by atoms with Gasteiger partial charge in [-0.2, -0.15) is 0 Å². The van der Waals surface area contributed by atoms with E-state index in [-0.39, 0.29) is 17.9 Å². The van der Waals surface area contributed by atoms with Gasteiger partial charge >= 0.3 is 5.97 Å². The molecule has 1 aliphatic rings. The second-order valence-electron chi connectivity index (χ2n) is 4.94. The van der Waals surface area contributed by atoms with E-state index in [4.69, 9.17) is 4.74 Å². The number of nitrogens with zero attached hydrogens (tertiary/aromatic N) is 2. The minimum absolute atomic E-state index is 0.199. The molecule has 6 nitrogen and oxygen atoms in total. The summed E-state index contributed by atoms with van der Waals surface area (Å²) < 4.78 is 5.16. The zero-order valence-corrected chi connectivity index (χ0v) is 12.5. The summed E-state index contributed by atoms with van der Waals surface area (Å²) in [5, 5.41) is 2.55. The van der Waals surface area contributed by atoms with Crippen LogP contribution in [0.2, 0.25) is 0 Å². The Morgan fingerprint density at radius 2 is 2.29 bits per heavy atom. The smallest absolute Gasteiger partial charge is 0.328 e. The first-order valence-corrected chi connectivity index (χ1v) is 7.28. The molecule has 0 aliphatic carbocycles. The second-order valence-corrected chi connectivity index (χ2v) is 4.94. The van der Waals surface area contributed by atoms with Crippen LogP contribution >= 0.6 is 0 Å². The van der Waals surface area contributed by atoms with E-state index in [1.807, 2.05) is 11.0 Å². The van der Waals surface area contributed by atoms with Crippen molar-refractivity contribution in [3.8, 4) is 0 Å². The van der Waals surface area contributed by atoms with Crippen molar-refractivity contribution in [2.45, 2.75) is 32.2 Å². The maximum absolute atomic E-state index is 12.1. The van der Waals surface area contributed by atoms with Crippen molar-refractivity contribution >= 4 is 17.6 Å². The lowest BCUT2D eigenvalue weighted by Gasteiger charge is -2.35. The van der Waals surface area contributed by atoms with Gasteiger partial charge in [-0.05, 0) is 38.3 Å². The van der Waals surface area contributed by atoms with E-state index in [2.05, 4.69) is 10.3 Å². The molecule has 0 spiro atoms. The topological polar surface area (TPSA) is 71.5 Å². The summed E-state index contributed by atoms with van der Waals surface area (Å²) in [6, 6.07) is 3.26. The van der Waals surface area contributed by atoms with Gasteiger partial charge < -0.3 is 15.0 Å². The maximum Gasteiger partial charge on any atom is 0.328 e. The molecule has 1 N–H and O–H groups in total. The molecule has 1 saturated heterocycles. The molecule has 0 aromatic carbocycles. The highest BCUT2D eigenvalue weighted by Crippen LogP contribution is 2.25. The summed E-state index contributed by atoms with van der Waals surface area (Å²) in [5.41, 5.74) is 1.18. The van der Waals surface area contributed by atoms with Crippen molar-refractivity contribution in [1.82, 2.24) is 10.3 Å². The molecule has 0 saturated carbocycles. The van der Waals surface area contributed by atoms with Gasteiger partial charge in [0, 0.05) is 25.5 Å². The van der Waals surface area contributed by atoms with Crippen LogP contribution in [0.5, 0.6) is 0 Å². The van der Waals surface area contributed by atoms with Gasteiger partial charge in [0.2, 0.25) is 0 Å². The molecule has 1 fully saturated rings. The fourth-order valence-electron chi connectivity index (χ4n) is 2.57. The molecule has 1 aromatic rings. The van der Waals surface area contributed by atoms with Crippen LogP contribution in [0.15, 0.2) is 18.3 Å². The van der Waals surface area contributed by atoms with Crippen LogP contribution in [0.4, 0.5) is 5.69 Å². The zero-order chi connectivity index (χ0) is 15.2. The number of aromatic nitrogens is 1. The molecule has 1 unspecified atom stereocenters. The SMILES string of the molecule is CCOC(=O)C1CCCCN1c1ccnc(C(=O)NC)c1. The monoisotopic (exact) mass is 291 g/mol. The largest absolute Gasteiger partial charge is 0.464 e. The first kappa shape index (κ1) is 15.3. The minimum atomic E-state index is -0.279. The molecule has 1 aromatic heterocycles. The lowest BCUT2D eigenvalue weighted by Crippen LogP contribution is -2.45. The van der Waals surface area contributed by atoms with Crippen molar-refractivity contribution in [2.75, 3.05) is 25.1 Å². The van der Waals surface area contributed by atoms with Crippen LogP contribution in [0, 0.1) is 0 Å². The highest BCUT2D eigenvalue weighted by molar-refractivity contribution is 5.93. The van der Waals surface area contributed by atoms with Gasteiger partial charge in [-0.25, -0.2) is 4.79 Å². The van der Waals surface area contributed by atoms with Crippen LogP contribution in [0.3, 0.4) is 0 Å². The van der Waals surface area contributed by atoms with Gasteiger partial charge in [-0.1, -0.05) is 0 Å². The van der Waals surface area contributed by atoms with Crippen molar-refractivity contribution in [1.29, 1.82) is 0 Å². The Bertz CT molecular complexity index is 519. The number of pyridine rings is 1. The summed E-state index contributed by atoms with van der Waals surface area (Å²) in [4.78, 5) is 29.8. The van der Waals surface area contributed by atoms with Crippen LogP contribution in [0.25, 0.3) is 0 Å². The molecular formula is C15H21N3O3. The Morgan fingerprint density at radius 3 is 3.00 bits per heavy atom. The van der Waals surface area contributed by atoms with E-state index in [0.717, 1.165) is 31.5 Å². The zero-order valence-electron chi connectivity index (χ0n) is 12.5. The fourth-order valence-corrected chi connectivity index (χ4v) is 2.57. The molecule has 0 bridgehead atoms. The third-order valence-corrected chi connectivity index (χ3v) is 3.60. The molecule has 0 radical (unpaired) electrons. The van der Waals surface area contributed by atoms with Gasteiger partial charge in [0.05, 0.1) is 6.61 Å². The van der Waals surface area contributed by atoms with Crippen molar-refractivity contribution < 1.29 is 14.3 Å². The average Bonchev–Trinajstić information content (AvgIpc) is 2.54. The van der Waals surface area contributed by atoms with Gasteiger partial charge in [0.15, 0.2) is 0 Å². The highest BCUT2D eigenvalue weighted by atomic mass is 16.5. The van der Waals surface area contributed by atoms with Gasteiger partial charge in [-0.3, -0.25) is 9.78 Å². The lowest BCUT2D eigenvalue weighted by atomic mass is 10.0. The molecule has 2 heterocycles. The fraction of sp³-hybridized carbons (Fsp3) is 0.533. The van der Waals surface area contributed by atoms with Crippen molar-refractivity contribution in [2.24, 2.45) is 0 Å². The number of amides is 1. The first-order valence-electron chi connectivity index (χ1n) is 7.28. The number of carbonyl (C=O) groups excluding carboxylic acids is 2. The Kier molecular flexibility index (Phi) is 5.14. The van der Waals surface area contributed by atoms with E-state index in [0.29, 0.717) is 12.3 Å². The summed E-state index contributed by atoms with van der Waals surface area (Å²) in [6.45, 7) is 2.96. The maximum atomic E-state index is 12.1. The van der Waals surface area contributed by atoms with E-state index in [1.54, 1.807) is 26.2 Å². The number of hydrogen-bond acceptors (Lipinski definition) is 5. The third-order valence-electron chi connectivity index (χ3n) is 3.60. The molecule has 1 aliphatic heterocycles. The Balaban J connectivity index is 2.24. The van der Waals surface area contributed by atoms with Crippen LogP contribution in [-0.4, -0.2) is 43.1 Å². The molecule has 2 rings (SSSR count). The predicted octanol–water partition coefficient (Wildman–Crippen LogP) is 1.36. The second kappa shape index (κ2) is 7.06. The summed E-state index contributed by atoms with van der Waals surface area (Å²) in [6.07, 6.45) is 4.40. The third kappa shape index (κ3) is 3.51. The standard InChI is InChI=1S/C15H21N3O3/c1-3-21-15(20)13-6-4-5-9-18(13)11-7-8-17-12(10-11)14(19)16-2/h7-8,10,13H,3-6,9H2,1-2H3,(H,16,19). The van der Waals surface area contributed by atoms with Crippen LogP contribution in [-0.2, 0) is 9.53 Å². The van der Waals surface area contributed by atoms with E-state index in [9.17, 15) is 9.59 Å². The number of carbonyl (C=O) groups is 2. The van der Waals surface area contributed by atoms with Gasteiger partial charge in [0.25, 0.3) is 5.91 Å². The average molecular weight is 291 g/mol. The first-order chi connectivity index (χ1) is 10.2. The Labute approximate surface area is 124 Å². The summed E-state index contributed by atoms with van der Waals surface area (Å²) in [7, 11) is 1.57. The molecule has 1 amide bonds. The molecular weight excluding hydrogens is 270 g/mol. The molecule has 21 heavy (non-hydrogen) atoms. The summed E-state index contributed by atoms with van der Waals surface area (Å²) in [5.74, 6) is -0.433. The normalized spacial score (nSPS) is 18.2. The highest BCUT2D eigenvalue weighted by Gasteiger charge is 2.30. The summed E-state index contributed by atoms with van der Waals surface area (Å²) >= 11 is 0. The number of piperidine rings is 1. The van der Waals surface area contributed by atoms with E-state index < -0.39 is 0 Å². The van der Waals surface area contributed by atoms with Crippen LogP contribution < -0.4 is 10.2 Å². The minimum Gasteiger partial charge on any atom is -0.464 e. The predicted molar refractivity (Wildman–Crippen MR) is 79.2 cm³/mol. The number of anilines is 1. The number of ether oxygens (including phenoxy) is 1. The number of hydrogen-bond donors (Lipinski definition) is 1. The number of esters is 1. The van der Waals surface area contributed by atoms with E-state index in [1.165, 1.54) is 0 Å². The number of nitrogens with one attached hydrogen (secondary N) is 1. The van der Waals surface area contributed by atoms with Crippen LogP contribution in [0.1, 0.15) is 36.7 Å². The Morgan fingerprint density at radius 1 is 1.48 bits per heavy atom. The van der Waals surface area contributed by atoms with E-state index >= 15 is 0 Å². The van der Waals surface area contributed by atoms with Crippen molar-refractivity contribution in [3.63, 3.8) is 0 Å².